The fourth-order valence-corrected chi connectivity index (χ4v) is 3.07. The van der Waals surface area contributed by atoms with Gasteiger partial charge in [-0.05, 0) is 42.7 Å². The molecule has 108 valence electrons. The zero-order valence-corrected chi connectivity index (χ0v) is 12.7. The Hall–Kier alpha value is -1.58. The maximum Gasteiger partial charge on any atom is 0.251 e. The summed E-state index contributed by atoms with van der Waals surface area (Å²) < 4.78 is 1.63. The number of rotatable bonds is 2. The number of hydrogen-bond donors (Lipinski definition) is 0. The average Bonchev–Trinajstić information content (AvgIpc) is 2.46. The first-order valence-corrected chi connectivity index (χ1v) is 7.51. The molecule has 1 aliphatic rings. The van der Waals surface area contributed by atoms with Gasteiger partial charge in [0.1, 0.15) is 0 Å². The van der Waals surface area contributed by atoms with Crippen LogP contribution < -0.4 is 5.56 Å². The molecule has 1 aliphatic carbocycles. The third-order valence-corrected chi connectivity index (χ3v) is 4.35. The molecule has 0 amide bonds. The minimum Gasteiger partial charge on any atom is -0.307 e. The Bertz CT molecular complexity index is 780. The third-order valence-electron chi connectivity index (χ3n) is 3.75. The van der Waals surface area contributed by atoms with Gasteiger partial charge in [0.25, 0.3) is 5.56 Å². The number of carbonyl (C=O) groups excluding carboxylic acids is 1. The summed E-state index contributed by atoms with van der Waals surface area (Å²) in [6.45, 7) is 0.328. The second-order valence-electron chi connectivity index (χ2n) is 5.13. The Balaban J connectivity index is 2.10. The molecule has 0 radical (unpaired) electrons. The monoisotopic (exact) mass is 321 g/mol. The summed E-state index contributed by atoms with van der Waals surface area (Å²) in [5, 5.41) is 1.13. The number of halogens is 2. The maximum atomic E-state index is 12.2. The Labute approximate surface area is 132 Å². The summed E-state index contributed by atoms with van der Waals surface area (Å²) in [6.07, 6.45) is 2.05. The van der Waals surface area contributed by atoms with E-state index in [1.165, 1.54) is 6.07 Å². The highest BCUT2D eigenvalue weighted by atomic mass is 35.5. The van der Waals surface area contributed by atoms with E-state index in [1.54, 1.807) is 28.8 Å². The van der Waals surface area contributed by atoms with Crippen LogP contribution in [-0.4, -0.2) is 10.4 Å². The first-order chi connectivity index (χ1) is 10.1. The summed E-state index contributed by atoms with van der Waals surface area (Å²) in [7, 11) is 0. The lowest BCUT2D eigenvalue weighted by atomic mass is 9.94. The normalized spacial score (nSPS) is 14.1. The van der Waals surface area contributed by atoms with Crippen LogP contribution in [0.2, 0.25) is 10.0 Å². The van der Waals surface area contributed by atoms with E-state index >= 15 is 0 Å². The van der Waals surface area contributed by atoms with Crippen LogP contribution in [0.5, 0.6) is 0 Å². The van der Waals surface area contributed by atoms with Crippen molar-refractivity contribution in [3.63, 3.8) is 0 Å². The van der Waals surface area contributed by atoms with Crippen LogP contribution in [0.1, 0.15) is 34.5 Å². The molecule has 0 N–H and O–H groups in total. The molecule has 0 saturated heterocycles. The number of Topliss-reactive ketones (excluding diaryl/α,β-unsaturated/α-hetero) is 1. The predicted molar refractivity (Wildman–Crippen MR) is 83.5 cm³/mol. The highest BCUT2D eigenvalue weighted by Crippen LogP contribution is 2.24. The second-order valence-corrected chi connectivity index (χ2v) is 5.97. The molecule has 1 aromatic heterocycles. The minimum atomic E-state index is -0.125. The quantitative estimate of drug-likeness (QED) is 0.845. The molecule has 2 aromatic rings. The lowest BCUT2D eigenvalue weighted by molar-refractivity contribution is 0.0970. The molecule has 0 unspecified atom stereocenters. The van der Waals surface area contributed by atoms with Gasteiger partial charge in [0.15, 0.2) is 5.78 Å². The molecule has 0 aliphatic heterocycles. The van der Waals surface area contributed by atoms with Crippen LogP contribution in [0.25, 0.3) is 0 Å². The van der Waals surface area contributed by atoms with Crippen molar-refractivity contribution < 1.29 is 4.79 Å². The smallest absolute Gasteiger partial charge is 0.251 e. The van der Waals surface area contributed by atoms with E-state index in [0.29, 0.717) is 28.6 Å². The van der Waals surface area contributed by atoms with Crippen LogP contribution in [0.3, 0.4) is 0 Å². The van der Waals surface area contributed by atoms with E-state index in [-0.39, 0.29) is 11.3 Å². The SMILES string of the molecule is O=C1CCCc2c1ccc(=O)n2Cc1cc(Cl)ccc1Cl. The molecular weight excluding hydrogens is 309 g/mol. The number of ketones is 1. The van der Waals surface area contributed by atoms with Crippen molar-refractivity contribution in [1.82, 2.24) is 4.57 Å². The molecular formula is C16H13Cl2NO2. The van der Waals surface area contributed by atoms with Gasteiger partial charge in [-0.2, -0.15) is 0 Å². The average molecular weight is 322 g/mol. The topological polar surface area (TPSA) is 39.1 Å². The molecule has 1 aromatic carbocycles. The minimum absolute atomic E-state index is 0.0993. The summed E-state index contributed by atoms with van der Waals surface area (Å²) in [5.41, 5.74) is 2.10. The van der Waals surface area contributed by atoms with Crippen LogP contribution in [-0.2, 0) is 13.0 Å². The number of hydrogen-bond acceptors (Lipinski definition) is 2. The van der Waals surface area contributed by atoms with Gasteiger partial charge in [-0.3, -0.25) is 9.59 Å². The van der Waals surface area contributed by atoms with E-state index in [1.807, 2.05) is 0 Å². The molecule has 0 fully saturated rings. The van der Waals surface area contributed by atoms with E-state index in [2.05, 4.69) is 0 Å². The van der Waals surface area contributed by atoms with E-state index < -0.39 is 0 Å². The summed E-state index contributed by atoms with van der Waals surface area (Å²) in [5.74, 6) is 0.0993. The standard InChI is InChI=1S/C16H13Cl2NO2/c17-11-4-6-13(18)10(8-11)9-19-14-2-1-3-15(20)12(14)5-7-16(19)21/h4-8H,1-3,9H2. The van der Waals surface area contributed by atoms with E-state index in [4.69, 9.17) is 23.2 Å². The van der Waals surface area contributed by atoms with Crippen molar-refractivity contribution >= 4 is 29.0 Å². The van der Waals surface area contributed by atoms with Gasteiger partial charge in [-0.1, -0.05) is 23.2 Å². The van der Waals surface area contributed by atoms with Gasteiger partial charge < -0.3 is 4.57 Å². The molecule has 3 rings (SSSR count). The predicted octanol–water partition coefficient (Wildman–Crippen LogP) is 3.72. The first kappa shape index (κ1) is 14.4. The van der Waals surface area contributed by atoms with Crippen LogP contribution in [0, 0.1) is 0 Å². The zero-order valence-electron chi connectivity index (χ0n) is 11.2. The lowest BCUT2D eigenvalue weighted by Crippen LogP contribution is -2.28. The van der Waals surface area contributed by atoms with Crippen molar-refractivity contribution in [3.05, 3.63) is 67.6 Å². The van der Waals surface area contributed by atoms with Crippen molar-refractivity contribution in [2.45, 2.75) is 25.8 Å². The van der Waals surface area contributed by atoms with E-state index in [0.717, 1.165) is 24.1 Å². The van der Waals surface area contributed by atoms with Crippen molar-refractivity contribution in [3.8, 4) is 0 Å². The van der Waals surface area contributed by atoms with Crippen molar-refractivity contribution in [2.75, 3.05) is 0 Å². The van der Waals surface area contributed by atoms with Gasteiger partial charge in [0, 0.05) is 33.8 Å². The van der Waals surface area contributed by atoms with Gasteiger partial charge in [0.05, 0.1) is 6.54 Å². The largest absolute Gasteiger partial charge is 0.307 e. The summed E-state index contributed by atoms with van der Waals surface area (Å²) in [4.78, 5) is 24.1. The summed E-state index contributed by atoms with van der Waals surface area (Å²) in [6, 6.07) is 8.25. The number of carbonyl (C=O) groups is 1. The number of fused-ring (bicyclic) bond motifs is 1. The van der Waals surface area contributed by atoms with Gasteiger partial charge in [-0.15, -0.1) is 0 Å². The van der Waals surface area contributed by atoms with Gasteiger partial charge >= 0.3 is 0 Å². The van der Waals surface area contributed by atoms with Gasteiger partial charge in [0.2, 0.25) is 0 Å². The molecule has 0 spiro atoms. The first-order valence-electron chi connectivity index (χ1n) is 6.76. The van der Waals surface area contributed by atoms with Crippen molar-refractivity contribution in [2.24, 2.45) is 0 Å². The van der Waals surface area contributed by atoms with Crippen LogP contribution >= 0.6 is 23.2 Å². The van der Waals surface area contributed by atoms with Crippen LogP contribution in [0.4, 0.5) is 0 Å². The summed E-state index contributed by atoms with van der Waals surface area (Å²) >= 11 is 12.2. The maximum absolute atomic E-state index is 12.2. The Morgan fingerprint density at radius 3 is 2.67 bits per heavy atom. The highest BCUT2D eigenvalue weighted by molar-refractivity contribution is 6.33. The van der Waals surface area contributed by atoms with E-state index in [9.17, 15) is 9.59 Å². The molecule has 21 heavy (non-hydrogen) atoms. The number of pyridine rings is 1. The molecule has 0 atom stereocenters. The lowest BCUT2D eigenvalue weighted by Gasteiger charge is -2.20. The third kappa shape index (κ3) is 2.76. The number of aromatic nitrogens is 1. The highest BCUT2D eigenvalue weighted by Gasteiger charge is 2.21. The Morgan fingerprint density at radius 1 is 1.05 bits per heavy atom. The molecule has 1 heterocycles. The second kappa shape index (κ2) is 5.66. The van der Waals surface area contributed by atoms with Gasteiger partial charge in [-0.25, -0.2) is 0 Å². The Kier molecular flexibility index (Phi) is 3.87. The molecule has 3 nitrogen and oxygen atoms in total. The molecule has 0 saturated carbocycles. The number of benzene rings is 1. The zero-order chi connectivity index (χ0) is 15.0. The van der Waals surface area contributed by atoms with Crippen molar-refractivity contribution in [1.29, 1.82) is 0 Å². The molecule has 0 bridgehead atoms. The number of nitrogens with zero attached hydrogens (tertiary/aromatic N) is 1. The molecule has 5 heteroatoms. The fraction of sp³-hybridized carbons (Fsp3) is 0.250. The Morgan fingerprint density at radius 2 is 1.86 bits per heavy atom. The fourth-order valence-electron chi connectivity index (χ4n) is 2.70. The van der Waals surface area contributed by atoms with Crippen LogP contribution in [0.15, 0.2) is 35.1 Å².